The van der Waals surface area contributed by atoms with Crippen LogP contribution < -0.4 is 10.1 Å². The Bertz CT molecular complexity index is 1240. The van der Waals surface area contributed by atoms with E-state index in [9.17, 15) is 32.0 Å². The summed E-state index contributed by atoms with van der Waals surface area (Å²) in [5.74, 6) is -3.34. The molecule has 0 bridgehead atoms. The predicted molar refractivity (Wildman–Crippen MR) is 121 cm³/mol. The van der Waals surface area contributed by atoms with Crippen LogP contribution in [0.2, 0.25) is 0 Å². The molecule has 1 aliphatic carbocycles. The van der Waals surface area contributed by atoms with Crippen LogP contribution in [0.25, 0.3) is 0 Å². The zero-order valence-corrected chi connectivity index (χ0v) is 20.1. The molecule has 4 atom stereocenters. The second kappa shape index (κ2) is 9.79. The average Bonchev–Trinajstić information content (AvgIpc) is 2.82. The van der Waals surface area contributed by atoms with E-state index in [0.717, 1.165) is 10.5 Å². The Balaban J connectivity index is 1.45. The first kappa shape index (κ1) is 26.1. The molecule has 0 amide bonds. The molecule has 1 aliphatic heterocycles. The summed E-state index contributed by atoms with van der Waals surface area (Å²) in [6, 6.07) is 5.45. The quantitative estimate of drug-likeness (QED) is 0.580. The van der Waals surface area contributed by atoms with Gasteiger partial charge in [0.2, 0.25) is 11.8 Å². The van der Waals surface area contributed by atoms with Crippen molar-refractivity contribution < 1.29 is 31.4 Å². The normalized spacial score (nSPS) is 28.7. The maximum Gasteiger partial charge on any atom is 0.260 e. The van der Waals surface area contributed by atoms with Crippen LogP contribution in [0, 0.1) is 11.3 Å². The third-order valence-corrected chi connectivity index (χ3v) is 8.05. The van der Waals surface area contributed by atoms with Crippen LogP contribution in [0.15, 0.2) is 35.6 Å². The average molecular weight is 527 g/mol. The molecule has 2 aromatic heterocycles. The number of aromatic nitrogens is 3. The molecule has 36 heavy (non-hydrogen) atoms. The van der Waals surface area contributed by atoms with Gasteiger partial charge in [0, 0.05) is 32.1 Å². The number of nitriles is 1. The Hall–Kier alpha value is -3.02. The summed E-state index contributed by atoms with van der Waals surface area (Å²) >= 11 is 0. The van der Waals surface area contributed by atoms with E-state index in [-0.39, 0.29) is 41.8 Å². The molecule has 194 valence electrons. The maximum absolute atomic E-state index is 15.0. The highest BCUT2D eigenvalue weighted by Gasteiger charge is 2.49. The van der Waals surface area contributed by atoms with Gasteiger partial charge in [-0.05, 0) is 31.9 Å². The molecule has 2 fully saturated rings. The maximum atomic E-state index is 15.0. The minimum Gasteiger partial charge on any atom is -0.470 e. The van der Waals surface area contributed by atoms with Crippen molar-refractivity contribution >= 4 is 16.0 Å². The zero-order valence-electron chi connectivity index (χ0n) is 19.3. The van der Waals surface area contributed by atoms with E-state index in [2.05, 4.69) is 20.3 Å². The zero-order chi connectivity index (χ0) is 26.1. The first-order valence-corrected chi connectivity index (χ1v) is 12.7. The van der Waals surface area contributed by atoms with Crippen molar-refractivity contribution in [2.75, 3.05) is 18.4 Å². The van der Waals surface area contributed by atoms with Gasteiger partial charge < -0.3 is 15.2 Å². The van der Waals surface area contributed by atoms with Crippen LogP contribution in [0.1, 0.15) is 38.2 Å². The second-order valence-corrected chi connectivity index (χ2v) is 11.0. The molecule has 2 aromatic rings. The van der Waals surface area contributed by atoms with Crippen LogP contribution in [-0.2, 0) is 10.0 Å². The number of piperidine rings is 1. The molecule has 2 aliphatic rings. The Morgan fingerprint density at radius 1 is 1.31 bits per heavy atom. The molecule has 4 rings (SSSR count). The molecule has 10 nitrogen and oxygen atoms in total. The van der Waals surface area contributed by atoms with Gasteiger partial charge in [0.15, 0.2) is 5.03 Å². The van der Waals surface area contributed by atoms with E-state index in [1.54, 1.807) is 6.07 Å². The van der Waals surface area contributed by atoms with E-state index in [1.165, 1.54) is 25.3 Å². The Morgan fingerprint density at radius 2 is 2.08 bits per heavy atom. The van der Waals surface area contributed by atoms with Crippen LogP contribution in [0.4, 0.5) is 19.1 Å². The first-order chi connectivity index (χ1) is 16.9. The topological polar surface area (TPSA) is 141 Å². The highest BCUT2D eigenvalue weighted by molar-refractivity contribution is 7.89. The number of hydrogen-bond donors (Lipinski definition) is 2. The van der Waals surface area contributed by atoms with E-state index >= 15 is 0 Å². The summed E-state index contributed by atoms with van der Waals surface area (Å²) in [4.78, 5) is 11.9. The molecule has 0 radical (unpaired) electrons. The van der Waals surface area contributed by atoms with Crippen LogP contribution in [0.5, 0.6) is 5.88 Å². The minimum absolute atomic E-state index is 0.0236. The third-order valence-electron chi connectivity index (χ3n) is 6.27. The molecule has 1 saturated carbocycles. The van der Waals surface area contributed by atoms with E-state index in [0.29, 0.717) is 0 Å². The van der Waals surface area contributed by atoms with Crippen molar-refractivity contribution in [3.8, 4) is 11.9 Å². The molecule has 2 N–H and O–H groups in total. The van der Waals surface area contributed by atoms with Gasteiger partial charge in [-0.25, -0.2) is 31.6 Å². The Kier molecular flexibility index (Phi) is 7.09. The van der Waals surface area contributed by atoms with Gasteiger partial charge in [0.1, 0.15) is 29.5 Å². The molecule has 14 heteroatoms. The molecule has 1 saturated heterocycles. The number of halogens is 3. The van der Waals surface area contributed by atoms with Crippen molar-refractivity contribution in [1.82, 2.24) is 19.3 Å². The van der Waals surface area contributed by atoms with E-state index in [4.69, 9.17) is 4.74 Å². The molecular weight excluding hydrogens is 501 g/mol. The number of sulfonamides is 1. The van der Waals surface area contributed by atoms with Crippen molar-refractivity contribution in [2.45, 2.75) is 67.5 Å². The number of nitrogens with one attached hydrogen (secondary N) is 1. The number of hydrogen-bond acceptors (Lipinski definition) is 9. The monoisotopic (exact) mass is 526 g/mol. The van der Waals surface area contributed by atoms with Gasteiger partial charge in [0.25, 0.3) is 15.9 Å². The van der Waals surface area contributed by atoms with Crippen LogP contribution in [0.3, 0.4) is 0 Å². The Morgan fingerprint density at radius 3 is 2.72 bits per heavy atom. The van der Waals surface area contributed by atoms with Gasteiger partial charge in [-0.15, -0.1) is 0 Å². The smallest absolute Gasteiger partial charge is 0.260 e. The lowest BCUT2D eigenvalue weighted by molar-refractivity contribution is -0.162. The number of pyridine rings is 1. The molecular formula is C22H25F3N6O4S. The lowest BCUT2D eigenvalue weighted by Gasteiger charge is -2.40. The van der Waals surface area contributed by atoms with Crippen LogP contribution >= 0.6 is 0 Å². The van der Waals surface area contributed by atoms with Crippen molar-refractivity contribution in [2.24, 2.45) is 0 Å². The van der Waals surface area contributed by atoms with Crippen molar-refractivity contribution in [3.05, 3.63) is 36.2 Å². The fourth-order valence-electron chi connectivity index (χ4n) is 4.36. The number of anilines is 1. The standard InChI is InChI=1S/C22H25F3N6O4S/c1-21(32)13-22(24,25)7-5-17(21)35-19-14(10-26)11-28-20(30-19)29-16-6-9-31(12-15(16)23)36(33,34)18-4-2-3-8-27-18/h2-4,8,11,15-17,32H,5-7,9,12-13H2,1H3,(H,28,29,30)/t15-,16+,17+,21-/m1/s1. The van der Waals surface area contributed by atoms with Gasteiger partial charge >= 0.3 is 0 Å². The fourth-order valence-corrected chi connectivity index (χ4v) is 5.75. The van der Waals surface area contributed by atoms with Gasteiger partial charge in [0.05, 0.1) is 12.2 Å². The molecule has 0 spiro atoms. The first-order valence-electron chi connectivity index (χ1n) is 11.3. The largest absolute Gasteiger partial charge is 0.470 e. The van der Waals surface area contributed by atoms with E-state index in [1.807, 2.05) is 6.07 Å². The second-order valence-electron chi connectivity index (χ2n) is 9.15. The number of ether oxygens (including phenoxy) is 1. The van der Waals surface area contributed by atoms with Crippen molar-refractivity contribution in [3.63, 3.8) is 0 Å². The van der Waals surface area contributed by atoms with Gasteiger partial charge in [-0.3, -0.25) is 0 Å². The summed E-state index contributed by atoms with van der Waals surface area (Å²) in [7, 11) is -3.95. The Labute approximate surface area is 206 Å². The highest BCUT2D eigenvalue weighted by Crippen LogP contribution is 2.41. The lowest BCUT2D eigenvalue weighted by atomic mass is 9.81. The van der Waals surface area contributed by atoms with Gasteiger partial charge in [-0.1, -0.05) is 6.07 Å². The molecule has 3 heterocycles. The highest BCUT2D eigenvalue weighted by atomic mass is 32.2. The summed E-state index contributed by atoms with van der Waals surface area (Å²) in [6.45, 7) is 0.850. The summed E-state index contributed by atoms with van der Waals surface area (Å²) in [5.41, 5.74) is -1.94. The number of alkyl halides is 3. The third kappa shape index (κ3) is 5.53. The summed E-state index contributed by atoms with van der Waals surface area (Å²) in [5, 5.41) is 22.5. The van der Waals surface area contributed by atoms with Crippen LogP contribution in [-0.4, -0.2) is 75.7 Å². The SMILES string of the molecule is C[C@@]1(O)CC(F)(F)CC[C@@H]1Oc1nc(N[C@H]2CCN(S(=O)(=O)c3ccccn3)C[C@H]2F)ncc1C#N. The molecule has 0 unspecified atom stereocenters. The fraction of sp³-hybridized carbons (Fsp3) is 0.545. The molecule has 0 aromatic carbocycles. The van der Waals surface area contributed by atoms with Gasteiger partial charge in [-0.2, -0.15) is 14.6 Å². The predicted octanol–water partition coefficient (Wildman–Crippen LogP) is 2.27. The minimum atomic E-state index is -3.95. The van der Waals surface area contributed by atoms with Crippen molar-refractivity contribution in [1.29, 1.82) is 5.26 Å². The lowest BCUT2D eigenvalue weighted by Crippen LogP contribution is -2.51. The number of nitrogens with zero attached hydrogens (tertiary/aromatic N) is 5. The number of rotatable bonds is 6. The van der Waals surface area contributed by atoms with E-state index < -0.39 is 59.3 Å². The summed E-state index contributed by atoms with van der Waals surface area (Å²) < 4.78 is 74.6. The number of aliphatic hydroxyl groups is 1. The summed E-state index contributed by atoms with van der Waals surface area (Å²) in [6.07, 6.45) is -1.52.